The summed E-state index contributed by atoms with van der Waals surface area (Å²) < 4.78 is 5.64. The van der Waals surface area contributed by atoms with Crippen molar-refractivity contribution in [2.45, 2.75) is 12.8 Å². The minimum absolute atomic E-state index is 0.0251. The van der Waals surface area contributed by atoms with Gasteiger partial charge < -0.3 is 19.4 Å². The molecule has 0 atom stereocenters. The molecule has 0 aliphatic carbocycles. The van der Waals surface area contributed by atoms with Gasteiger partial charge in [-0.1, -0.05) is 24.3 Å². The van der Waals surface area contributed by atoms with E-state index in [-0.39, 0.29) is 11.8 Å². The number of carbonyl (C=O) groups excluding carboxylic acids is 2. The summed E-state index contributed by atoms with van der Waals surface area (Å²) in [5.74, 6) is 0.978. The van der Waals surface area contributed by atoms with Gasteiger partial charge in [-0.15, -0.1) is 0 Å². The molecular formula is C23H29N3O3. The van der Waals surface area contributed by atoms with Gasteiger partial charge in [-0.3, -0.25) is 9.59 Å². The summed E-state index contributed by atoms with van der Waals surface area (Å²) in [4.78, 5) is 30.9. The zero-order valence-corrected chi connectivity index (χ0v) is 17.2. The van der Waals surface area contributed by atoms with Gasteiger partial charge in [0.1, 0.15) is 5.75 Å². The Labute approximate surface area is 172 Å². The Hall–Kier alpha value is -3.02. The van der Waals surface area contributed by atoms with Crippen LogP contribution in [0, 0.1) is 0 Å². The first-order valence-corrected chi connectivity index (χ1v) is 10.1. The van der Waals surface area contributed by atoms with Crippen LogP contribution in [-0.4, -0.2) is 68.5 Å². The van der Waals surface area contributed by atoms with Gasteiger partial charge in [0.25, 0.3) is 5.91 Å². The number of para-hydroxylation sites is 1. The average Bonchev–Trinajstić information content (AvgIpc) is 2.77. The van der Waals surface area contributed by atoms with Crippen molar-refractivity contribution in [1.82, 2.24) is 9.80 Å². The number of hydrogen-bond acceptors (Lipinski definition) is 4. The van der Waals surface area contributed by atoms with Gasteiger partial charge in [0, 0.05) is 57.9 Å². The third-order valence-corrected chi connectivity index (χ3v) is 5.08. The fourth-order valence-electron chi connectivity index (χ4n) is 3.35. The number of anilines is 1. The predicted octanol–water partition coefficient (Wildman–Crippen LogP) is 2.90. The van der Waals surface area contributed by atoms with Crippen LogP contribution in [0.2, 0.25) is 0 Å². The van der Waals surface area contributed by atoms with E-state index in [0.717, 1.165) is 11.4 Å². The van der Waals surface area contributed by atoms with Crippen LogP contribution >= 0.6 is 0 Å². The number of carbonyl (C=O) groups is 2. The van der Waals surface area contributed by atoms with Gasteiger partial charge in [-0.2, -0.15) is 0 Å². The van der Waals surface area contributed by atoms with E-state index in [2.05, 4.69) is 0 Å². The molecule has 154 valence electrons. The summed E-state index contributed by atoms with van der Waals surface area (Å²) >= 11 is 0. The second-order valence-corrected chi connectivity index (χ2v) is 7.38. The van der Waals surface area contributed by atoms with E-state index in [1.54, 1.807) is 0 Å². The summed E-state index contributed by atoms with van der Waals surface area (Å²) in [7, 11) is 3.91. The van der Waals surface area contributed by atoms with Crippen molar-refractivity contribution in [2.75, 3.05) is 51.8 Å². The van der Waals surface area contributed by atoms with Gasteiger partial charge >= 0.3 is 0 Å². The summed E-state index contributed by atoms with van der Waals surface area (Å²) in [6.45, 7) is 2.82. The van der Waals surface area contributed by atoms with Crippen molar-refractivity contribution in [1.29, 1.82) is 0 Å². The number of amides is 2. The lowest BCUT2D eigenvalue weighted by atomic mass is 10.1. The molecule has 6 heteroatoms. The smallest absolute Gasteiger partial charge is 0.254 e. The van der Waals surface area contributed by atoms with Gasteiger partial charge in [-0.25, -0.2) is 0 Å². The number of hydrogen-bond donors (Lipinski definition) is 0. The van der Waals surface area contributed by atoms with E-state index in [1.807, 2.05) is 83.4 Å². The third kappa shape index (κ3) is 5.73. The van der Waals surface area contributed by atoms with Crippen molar-refractivity contribution in [3.8, 4) is 5.75 Å². The van der Waals surface area contributed by atoms with E-state index in [9.17, 15) is 9.59 Å². The van der Waals surface area contributed by atoms with Crippen LogP contribution in [0.5, 0.6) is 5.75 Å². The van der Waals surface area contributed by atoms with Crippen molar-refractivity contribution >= 4 is 17.5 Å². The highest BCUT2D eigenvalue weighted by Crippen LogP contribution is 2.16. The van der Waals surface area contributed by atoms with E-state index in [1.165, 1.54) is 0 Å². The van der Waals surface area contributed by atoms with E-state index >= 15 is 0 Å². The maximum absolute atomic E-state index is 12.8. The second-order valence-electron chi connectivity index (χ2n) is 7.38. The van der Waals surface area contributed by atoms with E-state index in [0.29, 0.717) is 51.2 Å². The zero-order chi connectivity index (χ0) is 20.6. The molecule has 1 fully saturated rings. The summed E-state index contributed by atoms with van der Waals surface area (Å²) in [6.07, 6.45) is 1.15. The van der Waals surface area contributed by atoms with Crippen LogP contribution in [0.25, 0.3) is 0 Å². The molecule has 1 heterocycles. The van der Waals surface area contributed by atoms with Crippen molar-refractivity contribution in [2.24, 2.45) is 0 Å². The molecule has 1 aliphatic heterocycles. The van der Waals surface area contributed by atoms with E-state index < -0.39 is 0 Å². The van der Waals surface area contributed by atoms with Crippen molar-refractivity contribution in [3.05, 3.63) is 60.2 Å². The minimum atomic E-state index is 0.0251. The SMILES string of the molecule is CN(C)c1cccc(C(=O)N2CCN(C(=O)CCCOc3ccccc3)CC2)c1. The van der Waals surface area contributed by atoms with Gasteiger partial charge in [0.2, 0.25) is 5.91 Å². The van der Waals surface area contributed by atoms with Crippen molar-refractivity contribution in [3.63, 3.8) is 0 Å². The molecule has 0 bridgehead atoms. The lowest BCUT2D eigenvalue weighted by Crippen LogP contribution is -2.50. The number of nitrogens with zero attached hydrogens (tertiary/aromatic N) is 3. The predicted molar refractivity (Wildman–Crippen MR) is 114 cm³/mol. The molecule has 0 aromatic heterocycles. The van der Waals surface area contributed by atoms with Crippen LogP contribution in [0.3, 0.4) is 0 Å². The van der Waals surface area contributed by atoms with Gasteiger partial charge in [0.15, 0.2) is 0 Å². The Morgan fingerprint density at radius 1 is 0.931 bits per heavy atom. The number of benzene rings is 2. The van der Waals surface area contributed by atoms with Gasteiger partial charge in [-0.05, 0) is 36.8 Å². The maximum Gasteiger partial charge on any atom is 0.254 e. The lowest BCUT2D eigenvalue weighted by molar-refractivity contribution is -0.132. The number of rotatable bonds is 7. The Morgan fingerprint density at radius 3 is 2.31 bits per heavy atom. The molecule has 0 spiro atoms. The molecule has 1 aliphatic rings. The van der Waals surface area contributed by atoms with Crippen LogP contribution < -0.4 is 9.64 Å². The van der Waals surface area contributed by atoms with Crippen LogP contribution in [0.1, 0.15) is 23.2 Å². The summed E-state index contributed by atoms with van der Waals surface area (Å²) in [5.41, 5.74) is 1.69. The average molecular weight is 396 g/mol. The fraction of sp³-hybridized carbons (Fsp3) is 0.391. The van der Waals surface area contributed by atoms with Crippen LogP contribution in [0.15, 0.2) is 54.6 Å². The molecule has 2 amide bonds. The Bertz CT molecular complexity index is 815. The zero-order valence-electron chi connectivity index (χ0n) is 17.2. The molecule has 0 unspecified atom stereocenters. The van der Waals surface area contributed by atoms with Crippen LogP contribution in [-0.2, 0) is 4.79 Å². The summed E-state index contributed by atoms with van der Waals surface area (Å²) in [5, 5.41) is 0. The maximum atomic E-state index is 12.8. The Morgan fingerprint density at radius 2 is 1.62 bits per heavy atom. The first-order valence-electron chi connectivity index (χ1n) is 10.1. The third-order valence-electron chi connectivity index (χ3n) is 5.08. The van der Waals surface area contributed by atoms with Gasteiger partial charge in [0.05, 0.1) is 6.61 Å². The molecule has 29 heavy (non-hydrogen) atoms. The van der Waals surface area contributed by atoms with E-state index in [4.69, 9.17) is 4.74 Å². The topological polar surface area (TPSA) is 53.1 Å². The first-order chi connectivity index (χ1) is 14.0. The van der Waals surface area contributed by atoms with Crippen LogP contribution in [0.4, 0.5) is 5.69 Å². The highest BCUT2D eigenvalue weighted by molar-refractivity contribution is 5.95. The minimum Gasteiger partial charge on any atom is -0.494 e. The fourth-order valence-corrected chi connectivity index (χ4v) is 3.35. The standard InChI is InChI=1S/C23H29N3O3/c1-24(2)20-9-6-8-19(18-20)23(28)26-15-13-25(14-16-26)22(27)12-7-17-29-21-10-4-3-5-11-21/h3-6,8-11,18H,7,12-17H2,1-2H3. The molecule has 2 aromatic carbocycles. The lowest BCUT2D eigenvalue weighted by Gasteiger charge is -2.35. The highest BCUT2D eigenvalue weighted by Gasteiger charge is 2.24. The molecule has 0 saturated carbocycles. The highest BCUT2D eigenvalue weighted by atomic mass is 16.5. The van der Waals surface area contributed by atoms with Crippen molar-refractivity contribution < 1.29 is 14.3 Å². The largest absolute Gasteiger partial charge is 0.494 e. The molecule has 6 nitrogen and oxygen atoms in total. The quantitative estimate of drug-likeness (QED) is 0.677. The normalized spacial score (nSPS) is 13.9. The monoisotopic (exact) mass is 395 g/mol. The number of piperazine rings is 1. The second kappa shape index (κ2) is 9.96. The summed E-state index contributed by atoms with van der Waals surface area (Å²) in [6, 6.07) is 17.3. The Balaban J connectivity index is 1.42. The molecule has 1 saturated heterocycles. The Kier molecular flexibility index (Phi) is 7.11. The molecule has 2 aromatic rings. The molecular weight excluding hydrogens is 366 g/mol. The number of ether oxygens (including phenoxy) is 1. The molecule has 0 N–H and O–H groups in total. The first kappa shape index (κ1) is 20.7. The molecule has 0 radical (unpaired) electrons. The molecule has 3 rings (SSSR count).